The molecule has 0 radical (unpaired) electrons. The first-order chi connectivity index (χ1) is 15.5. The van der Waals surface area contributed by atoms with E-state index in [9.17, 15) is 14.0 Å². The van der Waals surface area contributed by atoms with Crippen molar-refractivity contribution in [2.75, 3.05) is 6.54 Å². The van der Waals surface area contributed by atoms with Crippen molar-refractivity contribution in [2.24, 2.45) is 5.92 Å². The van der Waals surface area contributed by atoms with Crippen LogP contribution < -0.4 is 5.32 Å². The topological polar surface area (TPSA) is 64.0 Å². The monoisotopic (exact) mass is 447 g/mol. The third kappa shape index (κ3) is 3.67. The molecule has 0 spiro atoms. The molecule has 160 valence electrons. The third-order valence-corrected chi connectivity index (χ3v) is 6.13. The van der Waals surface area contributed by atoms with Crippen molar-refractivity contribution in [3.63, 3.8) is 0 Å². The van der Waals surface area contributed by atoms with Crippen LogP contribution in [0, 0.1) is 11.7 Å². The number of ketones is 1. The summed E-state index contributed by atoms with van der Waals surface area (Å²) in [6.07, 6.45) is 0.830. The fourth-order valence-electron chi connectivity index (χ4n) is 4.10. The van der Waals surface area contributed by atoms with Gasteiger partial charge in [-0.25, -0.2) is 9.07 Å². The smallest absolute Gasteiger partial charge is 0.223 e. The summed E-state index contributed by atoms with van der Waals surface area (Å²) in [4.78, 5) is 24.8. The van der Waals surface area contributed by atoms with Crippen LogP contribution in [0.1, 0.15) is 23.2 Å². The average Bonchev–Trinajstić information content (AvgIpc) is 3.37. The second-order valence-corrected chi connectivity index (χ2v) is 8.26. The highest BCUT2D eigenvalue weighted by Gasteiger charge is 2.27. The highest BCUT2D eigenvalue weighted by atomic mass is 35.5. The molecule has 1 amide bonds. The second kappa shape index (κ2) is 8.20. The van der Waals surface area contributed by atoms with E-state index in [-0.39, 0.29) is 29.8 Å². The Bertz CT molecular complexity index is 1350. The van der Waals surface area contributed by atoms with Crippen molar-refractivity contribution in [3.05, 3.63) is 83.1 Å². The molecule has 5 nitrogen and oxygen atoms in total. The highest BCUT2D eigenvalue weighted by molar-refractivity contribution is 6.33. The van der Waals surface area contributed by atoms with Gasteiger partial charge in [0.15, 0.2) is 5.78 Å². The van der Waals surface area contributed by atoms with Gasteiger partial charge in [0.2, 0.25) is 5.91 Å². The number of carbonyl (C=O) groups is 2. The Balaban J connectivity index is 1.64. The lowest BCUT2D eigenvalue weighted by atomic mass is 9.96. The maximum Gasteiger partial charge on any atom is 0.223 e. The Morgan fingerprint density at radius 2 is 1.91 bits per heavy atom. The van der Waals surface area contributed by atoms with Crippen LogP contribution in [0.5, 0.6) is 0 Å². The minimum atomic E-state index is -0.345. The normalized spacial score (nSPS) is 15.8. The number of nitrogens with zero attached hydrogens (tertiary/aromatic N) is 2. The Kier molecular flexibility index (Phi) is 5.23. The second-order valence-electron chi connectivity index (χ2n) is 7.85. The highest BCUT2D eigenvalue weighted by Crippen LogP contribution is 2.34. The number of fused-ring (bicyclic) bond motifs is 1. The van der Waals surface area contributed by atoms with Crippen LogP contribution in [-0.2, 0) is 4.79 Å². The molecule has 1 saturated heterocycles. The molecule has 0 aliphatic carbocycles. The largest absolute Gasteiger partial charge is 0.356 e. The van der Waals surface area contributed by atoms with E-state index in [1.807, 2.05) is 24.3 Å². The van der Waals surface area contributed by atoms with E-state index in [4.69, 9.17) is 16.7 Å². The number of nitrogens with one attached hydrogen (secondary N) is 1. The van der Waals surface area contributed by atoms with Crippen LogP contribution in [-0.4, -0.2) is 28.0 Å². The maximum atomic E-state index is 13.5. The molecule has 1 fully saturated rings. The summed E-state index contributed by atoms with van der Waals surface area (Å²) < 4.78 is 15.2. The zero-order chi connectivity index (χ0) is 22.2. The molecule has 1 aromatic heterocycles. The molecule has 1 atom stereocenters. The standard InChI is InChI=1S/C25H19ClFN3O2/c26-21-4-2-1-3-19(21)24-20-10-5-15(23(31)14-16-11-12-28-25(16)32)13-22(20)30(29-24)18-8-6-17(27)7-9-18/h1-10,13,16H,11-12,14H2,(H,28,32). The molecule has 3 aromatic carbocycles. The molecule has 32 heavy (non-hydrogen) atoms. The van der Waals surface area contributed by atoms with Crippen LogP contribution in [0.25, 0.3) is 27.8 Å². The predicted octanol–water partition coefficient (Wildman–Crippen LogP) is 5.19. The molecule has 0 bridgehead atoms. The van der Waals surface area contributed by atoms with Crippen LogP contribution in [0.15, 0.2) is 66.7 Å². The number of aromatic nitrogens is 2. The van der Waals surface area contributed by atoms with Gasteiger partial charge in [0.1, 0.15) is 11.5 Å². The number of amides is 1. The van der Waals surface area contributed by atoms with Crippen LogP contribution in [0.3, 0.4) is 0 Å². The van der Waals surface area contributed by atoms with Gasteiger partial charge in [-0.15, -0.1) is 0 Å². The Morgan fingerprint density at radius 3 is 2.62 bits per heavy atom. The lowest BCUT2D eigenvalue weighted by molar-refractivity contribution is -0.122. The van der Waals surface area contributed by atoms with Crippen molar-refractivity contribution < 1.29 is 14.0 Å². The molecule has 5 rings (SSSR count). The zero-order valence-electron chi connectivity index (χ0n) is 17.0. The van der Waals surface area contributed by atoms with Crippen molar-refractivity contribution in [1.82, 2.24) is 15.1 Å². The summed E-state index contributed by atoms with van der Waals surface area (Å²) in [7, 11) is 0. The van der Waals surface area contributed by atoms with Gasteiger partial charge in [0.25, 0.3) is 0 Å². The summed E-state index contributed by atoms with van der Waals surface area (Å²) >= 11 is 6.43. The molecule has 1 aliphatic heterocycles. The molecule has 1 unspecified atom stereocenters. The van der Waals surface area contributed by atoms with Gasteiger partial charge in [-0.05, 0) is 48.9 Å². The Labute approximate surface area is 188 Å². The summed E-state index contributed by atoms with van der Waals surface area (Å²) in [5.74, 6) is -0.807. The van der Waals surface area contributed by atoms with Gasteiger partial charge < -0.3 is 5.32 Å². The van der Waals surface area contributed by atoms with E-state index in [0.29, 0.717) is 40.4 Å². The minimum Gasteiger partial charge on any atom is -0.356 e. The van der Waals surface area contributed by atoms with E-state index in [2.05, 4.69) is 5.32 Å². The van der Waals surface area contributed by atoms with Gasteiger partial charge in [-0.1, -0.05) is 35.9 Å². The lowest BCUT2D eigenvalue weighted by Crippen LogP contribution is -2.21. The number of Topliss-reactive ketones (excluding diaryl/α,β-unsaturated/α-hetero) is 1. The third-order valence-electron chi connectivity index (χ3n) is 5.80. The summed E-state index contributed by atoms with van der Waals surface area (Å²) in [6.45, 7) is 0.606. The number of hydrogen-bond acceptors (Lipinski definition) is 3. The van der Waals surface area contributed by atoms with Crippen molar-refractivity contribution in [3.8, 4) is 16.9 Å². The zero-order valence-corrected chi connectivity index (χ0v) is 17.8. The maximum absolute atomic E-state index is 13.5. The summed E-state index contributed by atoms with van der Waals surface area (Å²) in [6, 6.07) is 18.8. The fourth-order valence-corrected chi connectivity index (χ4v) is 4.33. The average molecular weight is 448 g/mol. The van der Waals surface area contributed by atoms with E-state index in [1.54, 1.807) is 35.0 Å². The van der Waals surface area contributed by atoms with E-state index >= 15 is 0 Å². The predicted molar refractivity (Wildman–Crippen MR) is 122 cm³/mol. The van der Waals surface area contributed by atoms with Crippen LogP contribution >= 0.6 is 11.6 Å². The van der Waals surface area contributed by atoms with Crippen LogP contribution in [0.2, 0.25) is 5.02 Å². The molecule has 4 aromatic rings. The fraction of sp³-hybridized carbons (Fsp3) is 0.160. The Morgan fingerprint density at radius 1 is 1.12 bits per heavy atom. The van der Waals surface area contributed by atoms with Gasteiger partial charge in [0.05, 0.1) is 16.2 Å². The molecular formula is C25H19ClFN3O2. The first kappa shape index (κ1) is 20.4. The Hall–Kier alpha value is -3.51. The molecule has 1 N–H and O–H groups in total. The van der Waals surface area contributed by atoms with E-state index < -0.39 is 0 Å². The number of halogens is 2. The SMILES string of the molecule is O=C(CC1CCNC1=O)c1ccc2c(-c3ccccc3Cl)nn(-c3ccc(F)cc3)c2c1. The van der Waals surface area contributed by atoms with E-state index in [1.165, 1.54) is 12.1 Å². The molecule has 1 aliphatic rings. The van der Waals surface area contributed by atoms with Crippen molar-refractivity contribution in [1.29, 1.82) is 0 Å². The first-order valence-corrected chi connectivity index (χ1v) is 10.7. The summed E-state index contributed by atoms with van der Waals surface area (Å²) in [5.41, 5.74) is 3.31. The molecule has 0 saturated carbocycles. The van der Waals surface area contributed by atoms with Gasteiger partial charge in [-0.3, -0.25) is 9.59 Å². The number of rotatable bonds is 5. The van der Waals surface area contributed by atoms with Crippen molar-refractivity contribution >= 4 is 34.2 Å². The number of hydrogen-bond donors (Lipinski definition) is 1. The number of carbonyl (C=O) groups excluding carboxylic acids is 2. The van der Waals surface area contributed by atoms with Gasteiger partial charge in [0, 0.05) is 35.4 Å². The quantitative estimate of drug-likeness (QED) is 0.428. The van der Waals surface area contributed by atoms with Gasteiger partial charge >= 0.3 is 0 Å². The molecule has 7 heteroatoms. The molecular weight excluding hydrogens is 429 g/mol. The van der Waals surface area contributed by atoms with Gasteiger partial charge in [-0.2, -0.15) is 5.10 Å². The van der Waals surface area contributed by atoms with Crippen LogP contribution in [0.4, 0.5) is 4.39 Å². The van der Waals surface area contributed by atoms with E-state index in [0.717, 1.165) is 10.9 Å². The molecule has 2 heterocycles. The minimum absolute atomic E-state index is 0.0724. The first-order valence-electron chi connectivity index (χ1n) is 10.4. The lowest BCUT2D eigenvalue weighted by Gasteiger charge is -2.07. The summed E-state index contributed by atoms with van der Waals surface area (Å²) in [5, 5.41) is 8.92. The number of benzene rings is 3. The van der Waals surface area contributed by atoms with Crippen molar-refractivity contribution in [2.45, 2.75) is 12.8 Å².